The molecular weight excluding hydrogens is 326 g/mol. The molecule has 3 aromatic rings. The highest BCUT2D eigenvalue weighted by molar-refractivity contribution is 7.86. The van der Waals surface area contributed by atoms with Crippen molar-refractivity contribution in [3.05, 3.63) is 65.9 Å². The number of hydrogen-bond acceptors (Lipinski definition) is 4. The zero-order chi connectivity index (χ0) is 17.2. The van der Waals surface area contributed by atoms with Gasteiger partial charge in [-0.1, -0.05) is 35.9 Å². The summed E-state index contributed by atoms with van der Waals surface area (Å²) in [5.41, 5.74) is 2.78. The van der Waals surface area contributed by atoms with Crippen LogP contribution in [0, 0.1) is 6.92 Å². The SMILES string of the molecule is Cc1ccc(S(=O)(=O)OC[C@@H](O)Cc2cc3ccccc3[nH]2)cc1. The number of aryl methyl sites for hydroxylation is 1. The molecule has 0 aliphatic heterocycles. The summed E-state index contributed by atoms with van der Waals surface area (Å²) in [4.78, 5) is 3.29. The van der Waals surface area contributed by atoms with Gasteiger partial charge in [0.2, 0.25) is 0 Å². The molecule has 0 unspecified atom stereocenters. The highest BCUT2D eigenvalue weighted by atomic mass is 32.2. The van der Waals surface area contributed by atoms with Gasteiger partial charge in [-0.05, 0) is 36.6 Å². The fraction of sp³-hybridized carbons (Fsp3) is 0.222. The van der Waals surface area contributed by atoms with Crippen molar-refractivity contribution in [2.45, 2.75) is 24.3 Å². The van der Waals surface area contributed by atoms with Crippen molar-refractivity contribution >= 4 is 21.0 Å². The van der Waals surface area contributed by atoms with Crippen molar-refractivity contribution < 1.29 is 17.7 Å². The van der Waals surface area contributed by atoms with Crippen LogP contribution in [-0.2, 0) is 20.7 Å². The monoisotopic (exact) mass is 345 g/mol. The molecule has 5 nitrogen and oxygen atoms in total. The summed E-state index contributed by atoms with van der Waals surface area (Å²) in [6.45, 7) is 1.59. The van der Waals surface area contributed by atoms with Crippen LogP contribution in [0.2, 0.25) is 0 Å². The average Bonchev–Trinajstić information content (AvgIpc) is 2.95. The van der Waals surface area contributed by atoms with E-state index in [0.29, 0.717) is 0 Å². The number of para-hydroxylation sites is 1. The maximum Gasteiger partial charge on any atom is 0.297 e. The number of H-pyrrole nitrogens is 1. The maximum absolute atomic E-state index is 12.1. The van der Waals surface area contributed by atoms with Gasteiger partial charge in [-0.2, -0.15) is 8.42 Å². The number of fused-ring (bicyclic) bond motifs is 1. The second kappa shape index (κ2) is 6.76. The molecule has 6 heteroatoms. The van der Waals surface area contributed by atoms with Crippen molar-refractivity contribution in [1.82, 2.24) is 4.98 Å². The largest absolute Gasteiger partial charge is 0.390 e. The summed E-state index contributed by atoms with van der Waals surface area (Å²) >= 11 is 0. The van der Waals surface area contributed by atoms with Crippen LogP contribution in [0.4, 0.5) is 0 Å². The summed E-state index contributed by atoms with van der Waals surface area (Å²) < 4.78 is 29.2. The summed E-state index contributed by atoms with van der Waals surface area (Å²) in [5.74, 6) is 0. The minimum absolute atomic E-state index is 0.0888. The fourth-order valence-electron chi connectivity index (χ4n) is 2.50. The lowest BCUT2D eigenvalue weighted by molar-refractivity contribution is 0.110. The Kier molecular flexibility index (Phi) is 4.71. The van der Waals surface area contributed by atoms with Gasteiger partial charge in [0, 0.05) is 17.6 Å². The van der Waals surface area contributed by atoms with Gasteiger partial charge in [0.25, 0.3) is 10.1 Å². The molecular formula is C18H19NO4S. The first kappa shape index (κ1) is 16.7. The summed E-state index contributed by atoms with van der Waals surface area (Å²) in [6.07, 6.45) is -0.628. The zero-order valence-corrected chi connectivity index (χ0v) is 14.1. The highest BCUT2D eigenvalue weighted by Gasteiger charge is 2.18. The van der Waals surface area contributed by atoms with E-state index < -0.39 is 16.2 Å². The first-order valence-corrected chi connectivity index (χ1v) is 9.06. The molecule has 0 aliphatic carbocycles. The predicted molar refractivity (Wildman–Crippen MR) is 92.3 cm³/mol. The average molecular weight is 345 g/mol. The van der Waals surface area contributed by atoms with Crippen LogP contribution in [0.25, 0.3) is 10.9 Å². The molecule has 2 N–H and O–H groups in total. The maximum atomic E-state index is 12.1. The molecule has 0 saturated carbocycles. The second-order valence-electron chi connectivity index (χ2n) is 5.79. The van der Waals surface area contributed by atoms with Gasteiger partial charge in [-0.15, -0.1) is 0 Å². The van der Waals surface area contributed by atoms with Crippen LogP contribution in [-0.4, -0.2) is 31.2 Å². The molecule has 3 rings (SSSR count). The van der Waals surface area contributed by atoms with Crippen LogP contribution < -0.4 is 0 Å². The van der Waals surface area contributed by atoms with Gasteiger partial charge < -0.3 is 10.1 Å². The Morgan fingerprint density at radius 1 is 1.12 bits per heavy atom. The molecule has 1 aromatic heterocycles. The van der Waals surface area contributed by atoms with E-state index >= 15 is 0 Å². The molecule has 0 radical (unpaired) electrons. The van der Waals surface area contributed by atoms with Crippen LogP contribution in [0.15, 0.2) is 59.5 Å². The van der Waals surface area contributed by atoms with E-state index in [1.165, 1.54) is 12.1 Å². The second-order valence-corrected chi connectivity index (χ2v) is 7.41. The Morgan fingerprint density at radius 3 is 2.54 bits per heavy atom. The lowest BCUT2D eigenvalue weighted by Crippen LogP contribution is -2.21. The Bertz CT molecular complexity index is 896. The van der Waals surface area contributed by atoms with Crippen LogP contribution in [0.3, 0.4) is 0 Å². The van der Waals surface area contributed by atoms with Gasteiger partial charge in [-0.3, -0.25) is 4.18 Å². The van der Waals surface area contributed by atoms with Gasteiger partial charge >= 0.3 is 0 Å². The number of aliphatic hydroxyl groups is 1. The third kappa shape index (κ3) is 3.84. The Hall–Kier alpha value is -2.15. The minimum Gasteiger partial charge on any atom is -0.390 e. The Morgan fingerprint density at radius 2 is 1.83 bits per heavy atom. The molecule has 0 saturated heterocycles. The first-order valence-electron chi connectivity index (χ1n) is 7.65. The molecule has 1 atom stereocenters. The summed E-state index contributed by atoms with van der Waals surface area (Å²) in [6, 6.07) is 16.1. The Labute approximate surface area is 141 Å². The number of aromatic nitrogens is 1. The third-order valence-electron chi connectivity index (χ3n) is 3.77. The van der Waals surface area contributed by atoms with Crippen molar-refractivity contribution in [2.24, 2.45) is 0 Å². The first-order chi connectivity index (χ1) is 11.4. The molecule has 0 aliphatic rings. The fourth-order valence-corrected chi connectivity index (χ4v) is 3.44. The van der Waals surface area contributed by atoms with Crippen molar-refractivity contribution in [3.63, 3.8) is 0 Å². The zero-order valence-electron chi connectivity index (χ0n) is 13.3. The molecule has 24 heavy (non-hydrogen) atoms. The van der Waals surface area contributed by atoms with Crippen molar-refractivity contribution in [2.75, 3.05) is 6.61 Å². The van der Waals surface area contributed by atoms with E-state index in [2.05, 4.69) is 4.98 Å². The molecule has 126 valence electrons. The lowest BCUT2D eigenvalue weighted by atomic mass is 10.2. The lowest BCUT2D eigenvalue weighted by Gasteiger charge is -2.11. The normalized spacial score (nSPS) is 13.2. The van der Waals surface area contributed by atoms with Gasteiger partial charge in [0.15, 0.2) is 0 Å². The van der Waals surface area contributed by atoms with E-state index in [9.17, 15) is 13.5 Å². The Balaban J connectivity index is 1.62. The molecule has 0 spiro atoms. The van der Waals surface area contributed by atoms with E-state index in [4.69, 9.17) is 4.18 Å². The third-order valence-corrected chi connectivity index (χ3v) is 5.06. The van der Waals surface area contributed by atoms with E-state index in [1.807, 2.05) is 37.3 Å². The van der Waals surface area contributed by atoms with E-state index in [-0.39, 0.29) is 17.9 Å². The molecule has 0 bridgehead atoms. The number of rotatable bonds is 6. The van der Waals surface area contributed by atoms with E-state index in [1.54, 1.807) is 12.1 Å². The standard InChI is InChI=1S/C18H19NO4S/c1-13-6-8-17(9-7-13)24(21,22)23-12-16(20)11-15-10-14-4-2-3-5-18(14)19-15/h2-10,16,19-20H,11-12H2,1H3/t16-/m0/s1. The summed E-state index contributed by atoms with van der Waals surface area (Å²) in [7, 11) is -3.86. The van der Waals surface area contributed by atoms with Crippen LogP contribution >= 0.6 is 0 Å². The smallest absolute Gasteiger partial charge is 0.297 e. The molecule has 1 heterocycles. The number of nitrogens with one attached hydrogen (secondary N) is 1. The van der Waals surface area contributed by atoms with Crippen molar-refractivity contribution in [3.8, 4) is 0 Å². The van der Waals surface area contributed by atoms with E-state index in [0.717, 1.165) is 22.2 Å². The molecule has 0 fully saturated rings. The molecule has 0 amide bonds. The number of aliphatic hydroxyl groups excluding tert-OH is 1. The summed E-state index contributed by atoms with van der Waals surface area (Å²) in [5, 5.41) is 11.1. The van der Waals surface area contributed by atoms with Gasteiger partial charge in [0.05, 0.1) is 17.6 Å². The topological polar surface area (TPSA) is 79.4 Å². The quantitative estimate of drug-likeness (QED) is 0.673. The number of hydrogen-bond donors (Lipinski definition) is 2. The predicted octanol–water partition coefficient (Wildman–Crippen LogP) is 2.79. The van der Waals surface area contributed by atoms with Crippen LogP contribution in [0.5, 0.6) is 0 Å². The number of aromatic amines is 1. The minimum atomic E-state index is -3.86. The van der Waals surface area contributed by atoms with Gasteiger partial charge in [0.1, 0.15) is 0 Å². The van der Waals surface area contributed by atoms with Gasteiger partial charge in [-0.25, -0.2) is 0 Å². The number of benzene rings is 2. The van der Waals surface area contributed by atoms with Crippen LogP contribution in [0.1, 0.15) is 11.3 Å². The van der Waals surface area contributed by atoms with Crippen molar-refractivity contribution in [1.29, 1.82) is 0 Å². The highest BCUT2D eigenvalue weighted by Crippen LogP contribution is 2.17. The molecule has 2 aromatic carbocycles.